The fourth-order valence-electron chi connectivity index (χ4n) is 6.61. The molecule has 7 rings (SSSR count). The summed E-state index contributed by atoms with van der Waals surface area (Å²) in [6.07, 6.45) is 4.43. The number of piperidine rings is 1. The molecule has 2 saturated heterocycles. The third-order valence-electron chi connectivity index (χ3n) is 8.96. The quantitative estimate of drug-likeness (QED) is 0.313. The van der Waals surface area contributed by atoms with Crippen molar-refractivity contribution in [2.24, 2.45) is 0 Å². The first-order chi connectivity index (χ1) is 20.0. The number of pyridine rings is 1. The summed E-state index contributed by atoms with van der Waals surface area (Å²) in [6, 6.07) is 18.3. The highest BCUT2D eigenvalue weighted by Gasteiger charge is 2.28. The Labute approximate surface area is 244 Å². The maximum atomic E-state index is 11.6. The van der Waals surface area contributed by atoms with Crippen LogP contribution in [0.1, 0.15) is 58.2 Å². The summed E-state index contributed by atoms with van der Waals surface area (Å²) in [5.41, 5.74) is 7.14. The number of benzene rings is 2. The van der Waals surface area contributed by atoms with E-state index >= 15 is 0 Å². The molecule has 0 amide bonds. The second kappa shape index (κ2) is 11.1. The van der Waals surface area contributed by atoms with Crippen molar-refractivity contribution in [3.05, 3.63) is 87.8 Å². The van der Waals surface area contributed by atoms with Crippen LogP contribution in [0.5, 0.6) is 0 Å². The first-order valence-electron chi connectivity index (χ1n) is 14.6. The molecule has 4 aromatic rings. The van der Waals surface area contributed by atoms with Crippen LogP contribution in [0.4, 0.5) is 5.69 Å². The molecule has 1 N–H and O–H groups in total. The zero-order valence-electron chi connectivity index (χ0n) is 23.0. The van der Waals surface area contributed by atoms with Crippen molar-refractivity contribution < 1.29 is 14.6 Å². The lowest BCUT2D eigenvalue weighted by Gasteiger charge is -2.36. The summed E-state index contributed by atoms with van der Waals surface area (Å²) in [7, 11) is 0. The number of likely N-dealkylation sites (tertiary alicyclic amines) is 1. The van der Waals surface area contributed by atoms with Crippen LogP contribution in [-0.2, 0) is 30.8 Å². The standard InChI is InChI=1S/C32H34ClN5O3/c33-23-4-6-24(7-5-23)37-16-12-27-22(18-37)2-1-3-26(27)21-10-14-36(15-11-21)20-30-34-28-8-9-29(32(39)40)35-31(28)38(30)19-25-13-17-41-25/h1-9,21,25H,10-20H2,(H,39,40)/t25-/m0/s1. The maximum absolute atomic E-state index is 11.6. The molecular formula is C32H34ClN5O3. The van der Waals surface area contributed by atoms with Gasteiger partial charge in [0.25, 0.3) is 0 Å². The molecule has 1 atom stereocenters. The number of hydrogen-bond donors (Lipinski definition) is 1. The molecule has 2 fully saturated rings. The number of imidazole rings is 1. The fourth-order valence-corrected chi connectivity index (χ4v) is 6.73. The summed E-state index contributed by atoms with van der Waals surface area (Å²) in [5, 5.41) is 10.2. The summed E-state index contributed by atoms with van der Waals surface area (Å²) in [5.74, 6) is 0.470. The second-order valence-corrected chi connectivity index (χ2v) is 11.9. The van der Waals surface area contributed by atoms with Gasteiger partial charge in [-0.15, -0.1) is 0 Å². The van der Waals surface area contributed by atoms with E-state index in [0.29, 0.717) is 18.1 Å². The van der Waals surface area contributed by atoms with Crippen molar-refractivity contribution in [1.29, 1.82) is 0 Å². The summed E-state index contributed by atoms with van der Waals surface area (Å²) >= 11 is 6.11. The molecule has 0 radical (unpaired) electrons. The fraction of sp³-hybridized carbons (Fsp3) is 0.406. The van der Waals surface area contributed by atoms with Gasteiger partial charge in [0.05, 0.1) is 19.2 Å². The van der Waals surface area contributed by atoms with Gasteiger partial charge in [0.2, 0.25) is 0 Å². The van der Waals surface area contributed by atoms with Gasteiger partial charge in [0.15, 0.2) is 11.3 Å². The molecule has 3 aliphatic rings. The molecule has 2 aromatic heterocycles. The normalized spacial score (nSPS) is 19.7. The van der Waals surface area contributed by atoms with Gasteiger partial charge in [-0.25, -0.2) is 14.8 Å². The Balaban J connectivity index is 1.05. The minimum absolute atomic E-state index is 0.0445. The number of carboxylic acid groups (broad SMARTS) is 1. The number of hydrogen-bond acceptors (Lipinski definition) is 6. The molecule has 5 heterocycles. The molecule has 0 unspecified atom stereocenters. The van der Waals surface area contributed by atoms with E-state index in [2.05, 4.69) is 49.7 Å². The van der Waals surface area contributed by atoms with Gasteiger partial charge < -0.3 is 19.3 Å². The molecule has 8 nitrogen and oxygen atoms in total. The van der Waals surface area contributed by atoms with Crippen LogP contribution in [0.15, 0.2) is 54.6 Å². The van der Waals surface area contributed by atoms with E-state index < -0.39 is 5.97 Å². The van der Waals surface area contributed by atoms with Crippen LogP contribution in [0.3, 0.4) is 0 Å². The number of nitrogens with zero attached hydrogens (tertiary/aromatic N) is 5. The van der Waals surface area contributed by atoms with E-state index in [-0.39, 0.29) is 11.8 Å². The number of ether oxygens (including phenoxy) is 1. The van der Waals surface area contributed by atoms with Gasteiger partial charge in [-0.3, -0.25) is 4.90 Å². The molecule has 2 aromatic carbocycles. The van der Waals surface area contributed by atoms with Gasteiger partial charge in [-0.1, -0.05) is 29.8 Å². The van der Waals surface area contributed by atoms with Crippen LogP contribution in [0, 0.1) is 0 Å². The highest BCUT2D eigenvalue weighted by molar-refractivity contribution is 6.30. The highest BCUT2D eigenvalue weighted by Crippen LogP contribution is 2.36. The van der Waals surface area contributed by atoms with Crippen molar-refractivity contribution in [3.8, 4) is 0 Å². The molecule has 9 heteroatoms. The SMILES string of the molecule is O=C(O)c1ccc2nc(CN3CCC(c4cccc5c4CCN(c4ccc(Cl)cc4)C5)CC3)n(C[C@@H]3CCO3)c2n1. The number of anilines is 1. The summed E-state index contributed by atoms with van der Waals surface area (Å²) < 4.78 is 7.79. The Morgan fingerprint density at radius 2 is 1.80 bits per heavy atom. The third-order valence-corrected chi connectivity index (χ3v) is 9.21. The minimum atomic E-state index is -1.02. The minimum Gasteiger partial charge on any atom is -0.477 e. The van der Waals surface area contributed by atoms with Gasteiger partial charge in [0.1, 0.15) is 11.3 Å². The number of rotatable bonds is 7. The average Bonchev–Trinajstić information content (AvgIpc) is 3.31. The Bertz CT molecular complexity index is 1570. The molecule has 0 aliphatic carbocycles. The highest BCUT2D eigenvalue weighted by atomic mass is 35.5. The number of halogens is 1. The number of carboxylic acids is 1. The smallest absolute Gasteiger partial charge is 0.354 e. The molecular weight excluding hydrogens is 538 g/mol. The van der Waals surface area contributed by atoms with Crippen molar-refractivity contribution in [2.75, 3.05) is 31.1 Å². The number of carbonyl (C=O) groups is 1. The lowest BCUT2D eigenvalue weighted by atomic mass is 9.82. The van der Waals surface area contributed by atoms with E-state index in [0.717, 1.165) is 81.4 Å². The topological polar surface area (TPSA) is 83.7 Å². The number of aromatic carboxylic acids is 1. The largest absolute Gasteiger partial charge is 0.477 e. The summed E-state index contributed by atoms with van der Waals surface area (Å²) in [4.78, 5) is 25.8. The Hall–Kier alpha value is -3.46. The van der Waals surface area contributed by atoms with E-state index in [1.807, 2.05) is 12.1 Å². The number of fused-ring (bicyclic) bond motifs is 2. The predicted octanol–water partition coefficient (Wildman–Crippen LogP) is 5.51. The molecule has 0 bridgehead atoms. The van der Waals surface area contributed by atoms with Crippen LogP contribution in [-0.4, -0.2) is 62.9 Å². The van der Waals surface area contributed by atoms with Crippen LogP contribution in [0.2, 0.25) is 5.02 Å². The van der Waals surface area contributed by atoms with Crippen molar-refractivity contribution >= 4 is 34.4 Å². The zero-order chi connectivity index (χ0) is 27.9. The first-order valence-corrected chi connectivity index (χ1v) is 14.9. The molecule has 0 saturated carbocycles. The van der Waals surface area contributed by atoms with Crippen molar-refractivity contribution in [3.63, 3.8) is 0 Å². The van der Waals surface area contributed by atoms with Crippen LogP contribution in [0.25, 0.3) is 11.2 Å². The predicted molar refractivity (Wildman–Crippen MR) is 159 cm³/mol. The van der Waals surface area contributed by atoms with Crippen molar-refractivity contribution in [1.82, 2.24) is 19.4 Å². The lowest BCUT2D eigenvalue weighted by molar-refractivity contribution is -0.0593. The molecule has 41 heavy (non-hydrogen) atoms. The van der Waals surface area contributed by atoms with Crippen LogP contribution < -0.4 is 4.90 Å². The molecule has 212 valence electrons. The monoisotopic (exact) mass is 571 g/mol. The van der Waals surface area contributed by atoms with E-state index in [1.165, 1.54) is 22.9 Å². The Morgan fingerprint density at radius 3 is 2.54 bits per heavy atom. The average molecular weight is 572 g/mol. The van der Waals surface area contributed by atoms with Gasteiger partial charge in [0, 0.05) is 30.4 Å². The third kappa shape index (κ3) is 5.32. The molecule has 3 aliphatic heterocycles. The Kier molecular flexibility index (Phi) is 7.15. The van der Waals surface area contributed by atoms with E-state index in [9.17, 15) is 9.90 Å². The second-order valence-electron chi connectivity index (χ2n) is 11.4. The lowest BCUT2D eigenvalue weighted by Crippen LogP contribution is -2.36. The molecule has 0 spiro atoms. The van der Waals surface area contributed by atoms with E-state index in [1.54, 1.807) is 11.6 Å². The summed E-state index contributed by atoms with van der Waals surface area (Å²) in [6.45, 7) is 6.11. The van der Waals surface area contributed by atoms with E-state index in [4.69, 9.17) is 21.3 Å². The van der Waals surface area contributed by atoms with Crippen molar-refractivity contribution in [2.45, 2.75) is 57.3 Å². The van der Waals surface area contributed by atoms with Gasteiger partial charge >= 0.3 is 5.97 Å². The zero-order valence-corrected chi connectivity index (χ0v) is 23.8. The van der Waals surface area contributed by atoms with Gasteiger partial charge in [-0.2, -0.15) is 0 Å². The van der Waals surface area contributed by atoms with Crippen LogP contribution >= 0.6 is 11.6 Å². The Morgan fingerprint density at radius 1 is 1.00 bits per heavy atom. The number of aromatic nitrogens is 3. The van der Waals surface area contributed by atoms with Gasteiger partial charge in [-0.05, 0) is 97.8 Å². The maximum Gasteiger partial charge on any atom is 0.354 e. The first kappa shape index (κ1) is 26.4.